The van der Waals surface area contributed by atoms with Crippen LogP contribution in [0.15, 0.2) is 54.6 Å². The smallest absolute Gasteiger partial charge is 0.269 e. The largest absolute Gasteiger partial charge is 0.394 e. The zero-order valence-corrected chi connectivity index (χ0v) is 13.7. The molecule has 0 bridgehead atoms. The maximum Gasteiger partial charge on any atom is 0.269 e. The first-order valence-corrected chi connectivity index (χ1v) is 8.01. The van der Waals surface area contributed by atoms with Crippen molar-refractivity contribution >= 4 is 5.91 Å². The summed E-state index contributed by atoms with van der Waals surface area (Å²) >= 11 is 0. The number of hydrogen-bond acceptors (Lipinski definition) is 4. The molecular formula is C18H19FN4O2. The van der Waals surface area contributed by atoms with Crippen molar-refractivity contribution in [3.8, 4) is 11.3 Å². The van der Waals surface area contributed by atoms with Crippen LogP contribution in [0, 0.1) is 11.8 Å². The van der Waals surface area contributed by atoms with Gasteiger partial charge in [-0.1, -0.05) is 13.0 Å². The molecule has 1 aliphatic carbocycles. The highest BCUT2D eigenvalue weighted by Gasteiger charge is 2.28. The fourth-order valence-corrected chi connectivity index (χ4v) is 2.86. The Bertz CT molecular complexity index is 800. The Balaban J connectivity index is 1.73. The normalized spacial score (nSPS) is 20.8. The van der Waals surface area contributed by atoms with Crippen LogP contribution in [0.3, 0.4) is 0 Å². The van der Waals surface area contributed by atoms with Gasteiger partial charge in [-0.3, -0.25) is 14.9 Å². The second kappa shape index (κ2) is 7.40. The zero-order valence-electron chi connectivity index (χ0n) is 13.7. The highest BCUT2D eigenvalue weighted by molar-refractivity contribution is 5.93. The van der Waals surface area contributed by atoms with Gasteiger partial charge in [0.05, 0.1) is 18.3 Å². The molecule has 3 atom stereocenters. The first-order valence-electron chi connectivity index (χ1n) is 8.01. The Labute approximate surface area is 144 Å². The van der Waals surface area contributed by atoms with Crippen LogP contribution in [-0.4, -0.2) is 38.8 Å². The molecule has 2 aromatic heterocycles. The van der Waals surface area contributed by atoms with Gasteiger partial charge in [-0.2, -0.15) is 5.10 Å². The SMILES string of the molecule is CC1C=CC(F)=CC1C(CO)NC(=O)c1cc(-c2ccncc2)n[nH]1. The number of hydrogen-bond donors (Lipinski definition) is 3. The number of halogens is 1. The summed E-state index contributed by atoms with van der Waals surface area (Å²) in [6.07, 6.45) is 7.84. The minimum absolute atomic E-state index is 0.00564. The molecule has 3 rings (SSSR count). The lowest BCUT2D eigenvalue weighted by Crippen LogP contribution is -2.44. The summed E-state index contributed by atoms with van der Waals surface area (Å²) in [4.78, 5) is 16.4. The molecule has 6 nitrogen and oxygen atoms in total. The maximum atomic E-state index is 13.5. The maximum absolute atomic E-state index is 13.5. The quantitative estimate of drug-likeness (QED) is 0.777. The number of pyridine rings is 1. The lowest BCUT2D eigenvalue weighted by Gasteiger charge is -2.29. The molecule has 0 spiro atoms. The third kappa shape index (κ3) is 3.83. The molecule has 3 unspecified atom stereocenters. The van der Waals surface area contributed by atoms with E-state index in [4.69, 9.17) is 0 Å². The van der Waals surface area contributed by atoms with Gasteiger partial charge in [-0.15, -0.1) is 0 Å². The van der Waals surface area contributed by atoms with Crippen LogP contribution in [0.5, 0.6) is 0 Å². The number of aliphatic hydroxyl groups excluding tert-OH is 1. The van der Waals surface area contributed by atoms with E-state index in [-0.39, 0.29) is 30.0 Å². The summed E-state index contributed by atoms with van der Waals surface area (Å²) in [5, 5.41) is 19.2. The number of aromatic nitrogens is 3. The Hall–Kier alpha value is -2.80. The number of nitrogens with one attached hydrogen (secondary N) is 2. The minimum Gasteiger partial charge on any atom is -0.394 e. The van der Waals surface area contributed by atoms with Crippen molar-refractivity contribution in [3.63, 3.8) is 0 Å². The van der Waals surface area contributed by atoms with Crippen molar-refractivity contribution in [2.24, 2.45) is 11.8 Å². The molecule has 25 heavy (non-hydrogen) atoms. The molecule has 3 N–H and O–H groups in total. The number of carbonyl (C=O) groups is 1. The van der Waals surface area contributed by atoms with Gasteiger partial charge in [-0.05, 0) is 36.3 Å². The number of amides is 1. The Morgan fingerprint density at radius 1 is 1.44 bits per heavy atom. The monoisotopic (exact) mass is 342 g/mol. The molecule has 0 radical (unpaired) electrons. The van der Waals surface area contributed by atoms with Crippen molar-refractivity contribution in [1.82, 2.24) is 20.5 Å². The lowest BCUT2D eigenvalue weighted by molar-refractivity contribution is 0.0885. The summed E-state index contributed by atoms with van der Waals surface area (Å²) in [7, 11) is 0. The molecule has 2 heterocycles. The Morgan fingerprint density at radius 2 is 2.20 bits per heavy atom. The molecule has 0 saturated heterocycles. The topological polar surface area (TPSA) is 90.9 Å². The first kappa shape index (κ1) is 17.0. The van der Waals surface area contributed by atoms with Crippen molar-refractivity contribution < 1.29 is 14.3 Å². The number of rotatable bonds is 5. The van der Waals surface area contributed by atoms with Crippen LogP contribution in [0.2, 0.25) is 0 Å². The molecule has 1 amide bonds. The van der Waals surface area contributed by atoms with Gasteiger partial charge >= 0.3 is 0 Å². The third-order valence-electron chi connectivity index (χ3n) is 4.29. The number of aliphatic hydroxyl groups is 1. The molecule has 0 saturated carbocycles. The molecule has 130 valence electrons. The van der Waals surface area contributed by atoms with E-state index < -0.39 is 11.9 Å². The molecule has 0 aliphatic heterocycles. The van der Waals surface area contributed by atoms with Gasteiger partial charge in [0.15, 0.2) is 0 Å². The second-order valence-corrected chi connectivity index (χ2v) is 6.01. The van der Waals surface area contributed by atoms with E-state index in [2.05, 4.69) is 20.5 Å². The Kier molecular flexibility index (Phi) is 5.04. The third-order valence-corrected chi connectivity index (χ3v) is 4.29. The number of aromatic amines is 1. The van der Waals surface area contributed by atoms with Gasteiger partial charge in [0.2, 0.25) is 0 Å². The zero-order chi connectivity index (χ0) is 17.8. The van der Waals surface area contributed by atoms with Gasteiger partial charge in [0.25, 0.3) is 5.91 Å². The molecule has 2 aromatic rings. The summed E-state index contributed by atoms with van der Waals surface area (Å²) in [6, 6.07) is 4.61. The van der Waals surface area contributed by atoms with Crippen LogP contribution in [0.1, 0.15) is 17.4 Å². The van der Waals surface area contributed by atoms with Gasteiger partial charge in [-0.25, -0.2) is 4.39 Å². The molecule has 0 aromatic carbocycles. The van der Waals surface area contributed by atoms with Crippen molar-refractivity contribution in [2.45, 2.75) is 13.0 Å². The van der Waals surface area contributed by atoms with Crippen molar-refractivity contribution in [3.05, 3.63) is 60.3 Å². The highest BCUT2D eigenvalue weighted by atomic mass is 19.1. The van der Waals surface area contributed by atoms with E-state index in [0.717, 1.165) is 5.56 Å². The fraction of sp³-hybridized carbons (Fsp3) is 0.278. The van der Waals surface area contributed by atoms with Gasteiger partial charge < -0.3 is 10.4 Å². The van der Waals surface area contributed by atoms with Gasteiger partial charge in [0, 0.05) is 23.9 Å². The first-order chi connectivity index (χ1) is 12.1. The molecule has 0 fully saturated rings. The van der Waals surface area contributed by atoms with E-state index in [1.165, 1.54) is 12.2 Å². The van der Waals surface area contributed by atoms with E-state index in [1.807, 2.05) is 6.92 Å². The minimum atomic E-state index is -0.592. The summed E-state index contributed by atoms with van der Waals surface area (Å²) in [5.41, 5.74) is 1.72. The average molecular weight is 342 g/mol. The predicted molar refractivity (Wildman–Crippen MR) is 91.1 cm³/mol. The second-order valence-electron chi connectivity index (χ2n) is 6.01. The van der Waals surface area contributed by atoms with Crippen LogP contribution in [0.4, 0.5) is 4.39 Å². The predicted octanol–water partition coefficient (Wildman–Crippen LogP) is 2.24. The molecule has 1 aliphatic rings. The number of carbonyl (C=O) groups excluding carboxylic acids is 1. The van der Waals surface area contributed by atoms with E-state index in [9.17, 15) is 14.3 Å². The van der Waals surface area contributed by atoms with Crippen molar-refractivity contribution in [2.75, 3.05) is 6.61 Å². The fourth-order valence-electron chi connectivity index (χ4n) is 2.86. The van der Waals surface area contributed by atoms with E-state index in [0.29, 0.717) is 5.69 Å². The molecule has 7 heteroatoms. The number of allylic oxidation sites excluding steroid dienone is 3. The Morgan fingerprint density at radius 3 is 2.92 bits per heavy atom. The van der Waals surface area contributed by atoms with E-state index >= 15 is 0 Å². The summed E-state index contributed by atoms with van der Waals surface area (Å²) < 4.78 is 13.5. The van der Waals surface area contributed by atoms with E-state index in [1.54, 1.807) is 36.7 Å². The van der Waals surface area contributed by atoms with Crippen LogP contribution in [0.25, 0.3) is 11.3 Å². The van der Waals surface area contributed by atoms with Crippen molar-refractivity contribution in [1.29, 1.82) is 0 Å². The van der Waals surface area contributed by atoms with Crippen LogP contribution in [-0.2, 0) is 0 Å². The number of H-pyrrole nitrogens is 1. The lowest BCUT2D eigenvalue weighted by atomic mass is 9.84. The number of nitrogens with zero attached hydrogens (tertiary/aromatic N) is 2. The summed E-state index contributed by atoms with van der Waals surface area (Å²) in [5.74, 6) is -1.08. The average Bonchev–Trinajstić information content (AvgIpc) is 3.13. The highest BCUT2D eigenvalue weighted by Crippen LogP contribution is 2.26. The van der Waals surface area contributed by atoms with Gasteiger partial charge in [0.1, 0.15) is 11.5 Å². The molecular weight excluding hydrogens is 323 g/mol. The standard InChI is InChI=1S/C18H19FN4O2/c1-11-2-3-13(19)8-14(11)17(10-24)21-18(25)16-9-15(22-23-16)12-4-6-20-7-5-12/h2-9,11,14,17,24H,10H2,1H3,(H,21,25)(H,22,23). The van der Waals surface area contributed by atoms with Crippen LogP contribution < -0.4 is 5.32 Å². The van der Waals surface area contributed by atoms with Crippen LogP contribution >= 0.6 is 0 Å². The summed E-state index contributed by atoms with van der Waals surface area (Å²) in [6.45, 7) is 1.63.